The van der Waals surface area contributed by atoms with E-state index in [0.717, 1.165) is 12.1 Å². The predicted octanol–water partition coefficient (Wildman–Crippen LogP) is 8.69. The molecule has 0 unspecified atom stereocenters. The third kappa shape index (κ3) is 9.07. The fraction of sp³-hybridized carbons (Fsp3) is 0.0690. The van der Waals surface area contributed by atoms with E-state index in [-0.39, 0.29) is 23.7 Å². The first-order valence-corrected chi connectivity index (χ1v) is 14.4. The lowest BCUT2D eigenvalue weighted by Crippen LogP contribution is -2.22. The van der Waals surface area contributed by atoms with Crippen LogP contribution in [-0.4, -0.2) is 17.5 Å². The Morgan fingerprint density at radius 3 is 1.57 bits per heavy atom. The summed E-state index contributed by atoms with van der Waals surface area (Å²) in [7, 11) is 0. The van der Waals surface area contributed by atoms with Gasteiger partial charge in [0.25, 0.3) is 0 Å². The number of rotatable bonds is 7. The quantitative estimate of drug-likeness (QED) is 0.0491. The second-order valence-corrected chi connectivity index (χ2v) is 11.3. The first-order chi connectivity index (χ1) is 20.7. The van der Waals surface area contributed by atoms with E-state index in [0.29, 0.717) is 36.7 Å². The molecule has 0 fully saturated rings. The number of carbonyl (C=O) groups is 1. The van der Waals surface area contributed by atoms with E-state index in [1.54, 1.807) is 24.3 Å². The molecule has 4 aromatic rings. The highest BCUT2D eigenvalue weighted by atomic mass is 79.9. The van der Waals surface area contributed by atoms with Crippen LogP contribution in [0.25, 0.3) is 0 Å². The van der Waals surface area contributed by atoms with Crippen LogP contribution >= 0.6 is 55.1 Å². The monoisotopic (exact) mass is 780 g/mol. The second kappa shape index (κ2) is 15.6. The fourth-order valence-corrected chi connectivity index (χ4v) is 4.91. The first-order valence-electron chi connectivity index (χ1n) is 12.0. The number of benzene rings is 4. The minimum atomic E-state index is -1.35. The molecule has 0 amide bonds. The molecule has 0 radical (unpaired) electrons. The molecule has 4 N–H and O–H groups in total. The van der Waals surface area contributed by atoms with E-state index in [4.69, 9.17) is 34.7 Å². The lowest BCUT2D eigenvalue weighted by Gasteiger charge is -2.10. The average molecular weight is 783 g/mol. The van der Waals surface area contributed by atoms with Gasteiger partial charge in [0, 0.05) is 54.1 Å². The summed E-state index contributed by atoms with van der Waals surface area (Å²) in [6.07, 6.45) is -0.973. The van der Waals surface area contributed by atoms with Crippen molar-refractivity contribution in [2.45, 2.75) is 12.8 Å². The SMILES string of the molecule is NC(N)=N/N=C(/Cc1c(F)ccc(F)c1F)c1cc(Cl)ccc1Br.O=C(Cc1c(F)ccc(F)c1F)c1cc(Cl)ccc1Br. The van der Waals surface area contributed by atoms with Crippen LogP contribution in [0.1, 0.15) is 27.0 Å². The van der Waals surface area contributed by atoms with E-state index >= 15 is 0 Å². The molecule has 0 aromatic heterocycles. The molecule has 0 aliphatic heterocycles. The fourth-order valence-electron chi connectivity index (χ4n) is 3.62. The molecular formula is C29H18Br2Cl2F6N4O. The molecular weight excluding hydrogens is 765 g/mol. The van der Waals surface area contributed by atoms with Crippen LogP contribution in [0.15, 0.2) is 79.8 Å². The molecule has 0 aliphatic rings. The first kappa shape index (κ1) is 35.1. The summed E-state index contributed by atoms with van der Waals surface area (Å²) in [5, 5.41) is 8.00. The number of Topliss-reactive ketones (excluding diaryl/α,β-unsaturated/α-hetero) is 1. The number of halogens is 10. The molecule has 0 saturated carbocycles. The third-order valence-corrected chi connectivity index (χ3v) is 7.57. The number of ketones is 1. The molecule has 15 heteroatoms. The normalized spacial score (nSPS) is 11.1. The van der Waals surface area contributed by atoms with Crippen molar-refractivity contribution in [2.75, 3.05) is 0 Å². The maximum absolute atomic E-state index is 13.9. The van der Waals surface area contributed by atoms with Gasteiger partial charge in [-0.25, -0.2) is 26.3 Å². The van der Waals surface area contributed by atoms with Crippen molar-refractivity contribution in [3.63, 3.8) is 0 Å². The van der Waals surface area contributed by atoms with Crippen molar-refractivity contribution in [3.8, 4) is 0 Å². The number of hydrogen-bond acceptors (Lipinski definition) is 3. The maximum Gasteiger partial charge on any atom is 0.211 e. The van der Waals surface area contributed by atoms with Crippen LogP contribution in [0.2, 0.25) is 10.0 Å². The van der Waals surface area contributed by atoms with Gasteiger partial charge < -0.3 is 11.5 Å². The van der Waals surface area contributed by atoms with Gasteiger partial charge in [-0.1, -0.05) is 55.1 Å². The van der Waals surface area contributed by atoms with E-state index in [1.165, 1.54) is 12.1 Å². The van der Waals surface area contributed by atoms with Crippen molar-refractivity contribution in [2.24, 2.45) is 21.7 Å². The standard InChI is InChI=1S/C15H11BrClF3N4.C14H7BrClF3O/c16-10-2-1-7(17)5-8(10)13(23-24-15(21)22)6-9-11(18)3-4-12(19)14(9)20;15-10-2-1-7(16)5-8(10)13(20)6-9-11(17)3-4-12(18)14(9)19/h1-5H,6H2,(H4,21,22,24);1-5H,6H2/b23-13-;. The number of nitrogens with two attached hydrogens (primary N) is 2. The number of hydrogen-bond donors (Lipinski definition) is 2. The summed E-state index contributed by atoms with van der Waals surface area (Å²) in [6.45, 7) is 0. The molecule has 0 atom stereocenters. The number of nitrogens with zero attached hydrogens (tertiary/aromatic N) is 2. The van der Waals surface area contributed by atoms with Crippen molar-refractivity contribution in [1.82, 2.24) is 0 Å². The summed E-state index contributed by atoms with van der Waals surface area (Å²) in [5.41, 5.74) is 10.1. The van der Waals surface area contributed by atoms with Crippen molar-refractivity contribution in [1.29, 1.82) is 0 Å². The zero-order chi connectivity index (χ0) is 32.7. The predicted molar refractivity (Wildman–Crippen MR) is 165 cm³/mol. The largest absolute Gasteiger partial charge is 0.369 e. The van der Waals surface area contributed by atoms with E-state index in [1.807, 2.05) is 0 Å². The highest BCUT2D eigenvalue weighted by Gasteiger charge is 2.20. The Hall–Kier alpha value is -3.39. The maximum atomic E-state index is 13.9. The molecule has 0 saturated heterocycles. The van der Waals surface area contributed by atoms with Crippen molar-refractivity contribution < 1.29 is 31.1 Å². The number of carbonyl (C=O) groups excluding carboxylic acids is 1. The van der Waals surface area contributed by atoms with Crippen LogP contribution in [0.4, 0.5) is 26.3 Å². The Morgan fingerprint density at radius 2 is 1.07 bits per heavy atom. The second-order valence-electron chi connectivity index (χ2n) is 8.74. The minimum Gasteiger partial charge on any atom is -0.369 e. The molecule has 5 nitrogen and oxygen atoms in total. The Labute approximate surface area is 273 Å². The van der Waals surface area contributed by atoms with Crippen molar-refractivity contribution in [3.05, 3.63) is 137 Å². The highest BCUT2D eigenvalue weighted by molar-refractivity contribution is 9.10. The van der Waals surface area contributed by atoms with E-state index in [2.05, 4.69) is 42.1 Å². The lowest BCUT2D eigenvalue weighted by molar-refractivity contribution is 0.0989. The zero-order valence-corrected chi connectivity index (χ0v) is 26.6. The summed E-state index contributed by atoms with van der Waals surface area (Å²) >= 11 is 18.2. The molecule has 44 heavy (non-hydrogen) atoms. The molecule has 4 aromatic carbocycles. The van der Waals surface area contributed by atoms with Gasteiger partial charge in [0.2, 0.25) is 5.96 Å². The summed E-state index contributed by atoms with van der Waals surface area (Å²) in [6, 6.07) is 12.2. The smallest absolute Gasteiger partial charge is 0.211 e. The highest BCUT2D eigenvalue weighted by Crippen LogP contribution is 2.26. The molecule has 0 bridgehead atoms. The van der Waals surface area contributed by atoms with Gasteiger partial charge in [-0.05, 0) is 60.7 Å². The van der Waals surface area contributed by atoms with Crippen LogP contribution in [-0.2, 0) is 12.8 Å². The van der Waals surface area contributed by atoms with Gasteiger partial charge in [-0.15, -0.1) is 5.10 Å². The van der Waals surface area contributed by atoms with Gasteiger partial charge in [0.05, 0.1) is 5.71 Å². The topological polar surface area (TPSA) is 93.8 Å². The molecule has 0 aliphatic carbocycles. The van der Waals surface area contributed by atoms with Gasteiger partial charge in [0.1, 0.15) is 11.6 Å². The summed E-state index contributed by atoms with van der Waals surface area (Å²) < 4.78 is 82.3. The molecule has 4 rings (SSSR count). The van der Waals surface area contributed by atoms with Gasteiger partial charge >= 0.3 is 0 Å². The van der Waals surface area contributed by atoms with Gasteiger partial charge in [-0.3, -0.25) is 4.79 Å². The number of guanidine groups is 1. The molecule has 0 spiro atoms. The van der Waals surface area contributed by atoms with Crippen LogP contribution in [0.3, 0.4) is 0 Å². The third-order valence-electron chi connectivity index (χ3n) is 5.71. The minimum absolute atomic E-state index is 0.0983. The Balaban J connectivity index is 0.000000244. The molecule has 0 heterocycles. The van der Waals surface area contributed by atoms with E-state index < -0.39 is 58.2 Å². The Kier molecular flexibility index (Phi) is 12.4. The molecule has 230 valence electrons. The van der Waals surface area contributed by atoms with Gasteiger partial charge in [-0.2, -0.15) is 5.10 Å². The average Bonchev–Trinajstić information content (AvgIpc) is 2.97. The van der Waals surface area contributed by atoms with Crippen LogP contribution in [0, 0.1) is 34.9 Å². The Morgan fingerprint density at radius 1 is 0.636 bits per heavy atom. The van der Waals surface area contributed by atoms with Crippen LogP contribution < -0.4 is 11.5 Å². The Bertz CT molecular complexity index is 1790. The van der Waals surface area contributed by atoms with E-state index in [9.17, 15) is 31.1 Å². The van der Waals surface area contributed by atoms with Crippen molar-refractivity contribution >= 4 is 72.5 Å². The lowest BCUT2D eigenvalue weighted by atomic mass is 10.0. The zero-order valence-electron chi connectivity index (χ0n) is 21.9. The van der Waals surface area contributed by atoms with Crippen LogP contribution in [0.5, 0.6) is 0 Å². The summed E-state index contributed by atoms with van der Waals surface area (Å²) in [5.74, 6) is -7.80. The summed E-state index contributed by atoms with van der Waals surface area (Å²) in [4.78, 5) is 12.1. The van der Waals surface area contributed by atoms with Gasteiger partial charge in [0.15, 0.2) is 29.1 Å².